The quantitative estimate of drug-likeness (QED) is 0.417. The molecular formula is C33H32ClN2O3-. The van der Waals surface area contributed by atoms with Gasteiger partial charge in [0.15, 0.2) is 17.6 Å². The molecule has 1 unspecified atom stereocenters. The van der Waals surface area contributed by atoms with Crippen LogP contribution in [0.25, 0.3) is 10.9 Å². The maximum atomic E-state index is 13.1. The second-order valence-corrected chi connectivity index (χ2v) is 12.4. The third kappa shape index (κ3) is 2.93. The second kappa shape index (κ2) is 8.03. The molecule has 39 heavy (non-hydrogen) atoms. The molecule has 0 radical (unpaired) electrons. The van der Waals surface area contributed by atoms with Crippen LogP contribution < -0.4 is 17.1 Å². The Kier molecular flexibility index (Phi) is 4.91. The number of piperidine rings is 1. The van der Waals surface area contributed by atoms with Crippen molar-refractivity contribution in [1.82, 2.24) is 9.47 Å². The van der Waals surface area contributed by atoms with Gasteiger partial charge in [0.25, 0.3) is 0 Å². The predicted octanol–water partition coefficient (Wildman–Crippen LogP) is 2.10. The fourth-order valence-electron chi connectivity index (χ4n) is 8.74. The maximum Gasteiger partial charge on any atom is 0.166 e. The Morgan fingerprint density at radius 3 is 2.59 bits per heavy atom. The van der Waals surface area contributed by atoms with Crippen molar-refractivity contribution in [2.24, 2.45) is 5.92 Å². The minimum absolute atomic E-state index is 0. The molecular weight excluding hydrogens is 508 g/mol. The third-order valence-electron chi connectivity index (χ3n) is 10.5. The predicted molar refractivity (Wildman–Crippen MR) is 146 cm³/mol. The number of aromatic nitrogens is 1. The number of benzene rings is 3. The van der Waals surface area contributed by atoms with Crippen LogP contribution >= 0.6 is 0 Å². The number of para-hydroxylation sites is 1. The van der Waals surface area contributed by atoms with Gasteiger partial charge in [-0.1, -0.05) is 54.6 Å². The van der Waals surface area contributed by atoms with E-state index in [1.165, 1.54) is 46.1 Å². The van der Waals surface area contributed by atoms with Gasteiger partial charge >= 0.3 is 0 Å². The first-order valence-electron chi connectivity index (χ1n) is 14.2. The molecule has 3 aliphatic carbocycles. The average Bonchev–Trinajstić information content (AvgIpc) is 3.61. The van der Waals surface area contributed by atoms with Crippen LogP contribution in [0.4, 0.5) is 0 Å². The summed E-state index contributed by atoms with van der Waals surface area (Å²) in [6.07, 6.45) is 4.55. The van der Waals surface area contributed by atoms with Crippen LogP contribution in [0.2, 0.25) is 0 Å². The number of aliphatic hydroxyl groups is 1. The number of aromatic hydroxyl groups is 1. The van der Waals surface area contributed by atoms with Gasteiger partial charge in [-0.05, 0) is 67.0 Å². The van der Waals surface area contributed by atoms with Gasteiger partial charge in [0, 0.05) is 42.0 Å². The van der Waals surface area contributed by atoms with Crippen LogP contribution in [0.5, 0.6) is 11.5 Å². The van der Waals surface area contributed by atoms with Gasteiger partial charge in [-0.3, -0.25) is 4.90 Å². The van der Waals surface area contributed by atoms with Crippen molar-refractivity contribution >= 4 is 10.9 Å². The number of likely N-dealkylation sites (tertiary alicyclic amines) is 1. The number of halogens is 1. The van der Waals surface area contributed by atoms with Crippen molar-refractivity contribution in [2.45, 2.75) is 61.8 Å². The van der Waals surface area contributed by atoms with E-state index in [4.69, 9.17) is 4.74 Å². The Labute approximate surface area is 234 Å². The van der Waals surface area contributed by atoms with Gasteiger partial charge in [-0.25, -0.2) is 0 Å². The van der Waals surface area contributed by atoms with Crippen LogP contribution in [0.1, 0.15) is 53.3 Å². The van der Waals surface area contributed by atoms with Gasteiger partial charge in [0.05, 0.1) is 16.7 Å². The molecule has 2 N–H and O–H groups in total. The second-order valence-electron chi connectivity index (χ2n) is 12.4. The molecule has 3 aromatic carbocycles. The summed E-state index contributed by atoms with van der Waals surface area (Å²) in [6.45, 7) is 2.79. The van der Waals surface area contributed by atoms with Crippen molar-refractivity contribution in [3.63, 3.8) is 0 Å². The molecule has 2 aliphatic heterocycles. The SMILES string of the molecule is Oc1ccc2c3c1O[C@H]1c4c(c5ccccc5n4Cc4ccccc4)C[C@@]4(O)C(C2)N(CC2CC2)CC[C@]314.[Cl-]. The maximum absolute atomic E-state index is 13.1. The molecule has 1 aromatic heterocycles. The molecule has 9 rings (SSSR count). The highest BCUT2D eigenvalue weighted by Gasteiger charge is 2.73. The Bertz CT molecular complexity index is 1630. The van der Waals surface area contributed by atoms with Crippen LogP contribution in [0.3, 0.4) is 0 Å². The standard InChI is InChI=1S/C33H32N2O3.ClH/c36-26-13-12-22-16-27-33(37)17-24-23-8-4-5-9-25(23)35(19-20-6-2-1-3-7-20)29(24)31-32(33,28(22)30(26)38-31)14-15-34(27)18-21-10-11-21;/h1-9,12-13,21,27,31,36-37H,10-11,14-19H2;1H/p-1/t27?,31-,32-,33+;/m0./s1. The Morgan fingerprint density at radius 2 is 1.77 bits per heavy atom. The summed E-state index contributed by atoms with van der Waals surface area (Å²) in [7, 11) is 0. The lowest BCUT2D eigenvalue weighted by Crippen LogP contribution is -3.00. The number of fused-ring (bicyclic) bond motifs is 4. The number of hydrogen-bond donors (Lipinski definition) is 2. The monoisotopic (exact) mass is 539 g/mol. The lowest BCUT2D eigenvalue weighted by Gasteiger charge is -2.63. The highest BCUT2D eigenvalue weighted by molar-refractivity contribution is 5.87. The molecule has 3 heterocycles. The normalized spacial score (nSPS) is 29.9. The highest BCUT2D eigenvalue weighted by Crippen LogP contribution is 2.69. The van der Waals surface area contributed by atoms with Gasteiger partial charge in [0.2, 0.25) is 0 Å². The molecule has 1 saturated heterocycles. The van der Waals surface area contributed by atoms with E-state index in [1.807, 2.05) is 0 Å². The van der Waals surface area contributed by atoms with Crippen LogP contribution in [-0.2, 0) is 24.8 Å². The molecule has 1 saturated carbocycles. The van der Waals surface area contributed by atoms with Gasteiger partial charge in [-0.15, -0.1) is 0 Å². The lowest BCUT2D eigenvalue weighted by atomic mass is 9.49. The lowest BCUT2D eigenvalue weighted by molar-refractivity contribution is -0.173. The summed E-state index contributed by atoms with van der Waals surface area (Å²) < 4.78 is 9.32. The van der Waals surface area contributed by atoms with E-state index >= 15 is 0 Å². The average molecular weight is 540 g/mol. The minimum atomic E-state index is -0.953. The summed E-state index contributed by atoms with van der Waals surface area (Å²) in [5.74, 6) is 1.57. The molecule has 200 valence electrons. The van der Waals surface area contributed by atoms with Gasteiger partial charge < -0.3 is 31.9 Å². The first-order chi connectivity index (χ1) is 18.6. The topological polar surface area (TPSA) is 57.9 Å². The third-order valence-corrected chi connectivity index (χ3v) is 10.5. The highest BCUT2D eigenvalue weighted by atomic mass is 35.5. The number of phenolic OH excluding ortho intramolecular Hbond substituents is 1. The van der Waals surface area contributed by atoms with E-state index in [0.29, 0.717) is 12.2 Å². The van der Waals surface area contributed by atoms with Crippen molar-refractivity contribution < 1.29 is 27.4 Å². The fourth-order valence-corrected chi connectivity index (χ4v) is 8.74. The molecule has 1 spiro atoms. The number of phenols is 1. The zero-order valence-corrected chi connectivity index (χ0v) is 22.6. The largest absolute Gasteiger partial charge is 1.00 e. The fraction of sp³-hybridized carbons (Fsp3) is 0.394. The number of nitrogens with zero attached hydrogens (tertiary/aromatic N) is 2. The Balaban J connectivity index is 0.00000235. The molecule has 6 heteroatoms. The van der Waals surface area contributed by atoms with Gasteiger partial charge in [-0.2, -0.15) is 0 Å². The van der Waals surface area contributed by atoms with Crippen molar-refractivity contribution in [3.05, 3.63) is 94.7 Å². The number of rotatable bonds is 4. The molecule has 2 bridgehead atoms. The van der Waals surface area contributed by atoms with Crippen molar-refractivity contribution in [3.8, 4) is 11.5 Å². The van der Waals surface area contributed by atoms with E-state index in [0.717, 1.165) is 44.0 Å². The molecule has 4 atom stereocenters. The first-order valence-corrected chi connectivity index (χ1v) is 14.2. The first kappa shape index (κ1) is 23.9. The number of ether oxygens (including phenoxy) is 1. The molecule has 0 amide bonds. The summed E-state index contributed by atoms with van der Waals surface area (Å²) in [5, 5.41) is 25.3. The summed E-state index contributed by atoms with van der Waals surface area (Å²) >= 11 is 0. The van der Waals surface area contributed by atoms with E-state index in [9.17, 15) is 10.2 Å². The minimum Gasteiger partial charge on any atom is -1.00 e. The Morgan fingerprint density at radius 1 is 0.974 bits per heavy atom. The van der Waals surface area contributed by atoms with Gasteiger partial charge in [0.1, 0.15) is 0 Å². The summed E-state index contributed by atoms with van der Waals surface area (Å²) in [4.78, 5) is 2.60. The van der Waals surface area contributed by atoms with E-state index in [2.05, 4.69) is 70.1 Å². The van der Waals surface area contributed by atoms with Crippen LogP contribution in [0.15, 0.2) is 66.7 Å². The van der Waals surface area contributed by atoms with E-state index in [1.54, 1.807) is 6.07 Å². The van der Waals surface area contributed by atoms with E-state index in [-0.39, 0.29) is 30.3 Å². The molecule has 5 nitrogen and oxygen atoms in total. The zero-order valence-electron chi connectivity index (χ0n) is 21.8. The van der Waals surface area contributed by atoms with Crippen LogP contribution in [-0.4, -0.2) is 44.4 Å². The number of hydrogen-bond acceptors (Lipinski definition) is 4. The Hall–Kier alpha value is -2.99. The molecule has 5 aliphatic rings. The van der Waals surface area contributed by atoms with Crippen LogP contribution in [0, 0.1) is 5.92 Å². The molecule has 4 aromatic rings. The summed E-state index contributed by atoms with van der Waals surface area (Å²) in [5.41, 5.74) is 5.63. The zero-order chi connectivity index (χ0) is 25.2. The molecule has 2 fully saturated rings. The smallest absolute Gasteiger partial charge is 0.166 e. The van der Waals surface area contributed by atoms with Crippen molar-refractivity contribution in [1.29, 1.82) is 0 Å². The van der Waals surface area contributed by atoms with E-state index < -0.39 is 11.0 Å². The van der Waals surface area contributed by atoms with Crippen molar-refractivity contribution in [2.75, 3.05) is 13.1 Å². The summed E-state index contributed by atoms with van der Waals surface area (Å²) in [6, 6.07) is 23.2.